The average Bonchev–Trinajstić information content (AvgIpc) is 2.11. The monoisotopic (exact) mass is 244 g/mol. The van der Waals surface area contributed by atoms with E-state index in [1.54, 1.807) is 12.3 Å². The second-order valence-electron chi connectivity index (χ2n) is 2.44. The maximum atomic E-state index is 10.8. The van der Waals surface area contributed by atoms with Crippen LogP contribution in [-0.2, 0) is 4.74 Å². The number of amides is 1. The zero-order valence-electron chi connectivity index (χ0n) is 7.30. The molecule has 0 radical (unpaired) electrons. The Morgan fingerprint density at radius 1 is 1.69 bits per heavy atom. The lowest BCUT2D eigenvalue weighted by Gasteiger charge is -2.03. The predicted molar refractivity (Wildman–Crippen MR) is 52.7 cm³/mol. The highest BCUT2D eigenvalue weighted by atomic mass is 79.9. The molecule has 1 rings (SSSR count). The van der Waals surface area contributed by atoms with Crippen molar-refractivity contribution < 1.29 is 9.53 Å². The van der Waals surface area contributed by atoms with Gasteiger partial charge in [-0.1, -0.05) is 15.9 Å². The van der Waals surface area contributed by atoms with Gasteiger partial charge in [-0.25, -0.2) is 9.78 Å². The Kier molecular flexibility index (Phi) is 3.25. The fraction of sp³-hybridized carbons (Fsp3) is 0.250. The highest BCUT2D eigenvalue weighted by molar-refractivity contribution is 9.10. The van der Waals surface area contributed by atoms with Crippen molar-refractivity contribution in [2.75, 3.05) is 12.4 Å². The van der Waals surface area contributed by atoms with E-state index < -0.39 is 6.09 Å². The fourth-order valence-electron chi connectivity index (χ4n) is 0.723. The first-order chi connectivity index (χ1) is 6.13. The Bertz CT molecular complexity index is 328. The third-order valence-corrected chi connectivity index (χ3v) is 2.31. The van der Waals surface area contributed by atoms with Crippen LogP contribution >= 0.6 is 15.9 Å². The number of pyridine rings is 1. The maximum absolute atomic E-state index is 10.8. The number of carbonyl (C=O) groups excluding carboxylic acids is 1. The second-order valence-corrected chi connectivity index (χ2v) is 3.29. The Hall–Kier alpha value is -1.10. The van der Waals surface area contributed by atoms with E-state index in [1.165, 1.54) is 7.11 Å². The third-order valence-electron chi connectivity index (χ3n) is 1.45. The van der Waals surface area contributed by atoms with Crippen molar-refractivity contribution in [1.29, 1.82) is 0 Å². The number of nitrogens with one attached hydrogen (secondary N) is 1. The Morgan fingerprint density at radius 3 is 2.92 bits per heavy atom. The molecule has 1 N–H and O–H groups in total. The summed E-state index contributed by atoms with van der Waals surface area (Å²) >= 11 is 3.33. The lowest BCUT2D eigenvalue weighted by atomic mass is 10.3. The topological polar surface area (TPSA) is 51.2 Å². The van der Waals surface area contributed by atoms with E-state index in [4.69, 9.17) is 0 Å². The van der Waals surface area contributed by atoms with Crippen LogP contribution in [0.2, 0.25) is 0 Å². The van der Waals surface area contributed by atoms with E-state index in [9.17, 15) is 4.79 Å². The van der Waals surface area contributed by atoms with Crippen molar-refractivity contribution in [3.8, 4) is 0 Å². The zero-order valence-corrected chi connectivity index (χ0v) is 8.88. The number of hydrogen-bond acceptors (Lipinski definition) is 3. The van der Waals surface area contributed by atoms with E-state index >= 15 is 0 Å². The van der Waals surface area contributed by atoms with Crippen molar-refractivity contribution in [3.63, 3.8) is 0 Å². The van der Waals surface area contributed by atoms with Crippen LogP contribution in [0.5, 0.6) is 0 Å². The highest BCUT2D eigenvalue weighted by Gasteiger charge is 2.02. The quantitative estimate of drug-likeness (QED) is 0.825. The number of nitrogens with zero attached hydrogens (tertiary/aromatic N) is 1. The molecule has 0 aromatic carbocycles. The number of aromatic nitrogens is 1. The number of halogens is 1. The van der Waals surface area contributed by atoms with Gasteiger partial charge in [-0.2, -0.15) is 0 Å². The number of aryl methyl sites for hydroxylation is 1. The van der Waals surface area contributed by atoms with Gasteiger partial charge in [-0.05, 0) is 18.6 Å². The smallest absolute Gasteiger partial charge is 0.412 e. The molecule has 4 nitrogen and oxygen atoms in total. The van der Waals surface area contributed by atoms with Crippen molar-refractivity contribution in [2.45, 2.75) is 6.92 Å². The Labute approximate surface area is 84.4 Å². The normalized spacial score (nSPS) is 9.46. The van der Waals surface area contributed by atoms with Gasteiger partial charge in [0.05, 0.1) is 7.11 Å². The molecule has 0 unspecified atom stereocenters. The van der Waals surface area contributed by atoms with Crippen LogP contribution in [0.15, 0.2) is 16.7 Å². The molecule has 1 aromatic heterocycles. The van der Waals surface area contributed by atoms with Gasteiger partial charge in [0, 0.05) is 10.7 Å². The predicted octanol–water partition coefficient (Wildman–Crippen LogP) is 2.33. The summed E-state index contributed by atoms with van der Waals surface area (Å²) in [5, 5.41) is 2.46. The molecule has 0 saturated carbocycles. The summed E-state index contributed by atoms with van der Waals surface area (Å²) < 4.78 is 5.32. The molecule has 0 saturated heterocycles. The van der Waals surface area contributed by atoms with E-state index in [-0.39, 0.29) is 0 Å². The van der Waals surface area contributed by atoms with E-state index in [1.807, 2.05) is 6.92 Å². The van der Waals surface area contributed by atoms with Crippen molar-refractivity contribution >= 4 is 27.8 Å². The molecule has 0 bridgehead atoms. The van der Waals surface area contributed by atoms with Crippen LogP contribution in [0.3, 0.4) is 0 Å². The van der Waals surface area contributed by atoms with Crippen molar-refractivity contribution in [2.24, 2.45) is 0 Å². The minimum absolute atomic E-state index is 0.462. The first kappa shape index (κ1) is 9.98. The summed E-state index contributed by atoms with van der Waals surface area (Å²) in [4.78, 5) is 14.8. The van der Waals surface area contributed by atoms with Gasteiger partial charge >= 0.3 is 6.09 Å². The van der Waals surface area contributed by atoms with Gasteiger partial charge in [0.2, 0.25) is 0 Å². The molecule has 0 aliphatic rings. The summed E-state index contributed by atoms with van der Waals surface area (Å²) in [7, 11) is 1.30. The Balaban J connectivity index is 2.79. The van der Waals surface area contributed by atoms with Crippen LogP contribution in [0.4, 0.5) is 10.6 Å². The lowest BCUT2D eigenvalue weighted by Crippen LogP contribution is -2.12. The molecule has 0 spiro atoms. The number of hydrogen-bond donors (Lipinski definition) is 1. The number of rotatable bonds is 1. The summed E-state index contributed by atoms with van der Waals surface area (Å²) in [5.41, 5.74) is 1.01. The van der Waals surface area contributed by atoms with Gasteiger partial charge in [0.1, 0.15) is 5.82 Å². The van der Waals surface area contributed by atoms with Gasteiger partial charge in [0.15, 0.2) is 0 Å². The van der Waals surface area contributed by atoms with Crippen LogP contribution in [-0.4, -0.2) is 18.2 Å². The third kappa shape index (κ3) is 2.69. The molecule has 1 heterocycles. The zero-order chi connectivity index (χ0) is 9.84. The van der Waals surface area contributed by atoms with Crippen molar-refractivity contribution in [3.05, 3.63) is 22.3 Å². The molecule has 0 fully saturated rings. The van der Waals surface area contributed by atoms with Gasteiger partial charge in [0.25, 0.3) is 0 Å². The van der Waals surface area contributed by atoms with Crippen LogP contribution < -0.4 is 5.32 Å². The van der Waals surface area contributed by atoms with Gasteiger partial charge in [-0.3, -0.25) is 5.32 Å². The largest absolute Gasteiger partial charge is 0.453 e. The summed E-state index contributed by atoms with van der Waals surface area (Å²) in [6.45, 7) is 1.92. The molecular weight excluding hydrogens is 236 g/mol. The fourth-order valence-corrected chi connectivity index (χ4v) is 1.04. The molecule has 1 amide bonds. The first-order valence-electron chi connectivity index (χ1n) is 3.60. The van der Waals surface area contributed by atoms with Crippen LogP contribution in [0.1, 0.15) is 5.56 Å². The first-order valence-corrected chi connectivity index (χ1v) is 4.40. The van der Waals surface area contributed by atoms with E-state index in [2.05, 4.69) is 31.0 Å². The maximum Gasteiger partial charge on any atom is 0.412 e. The number of ether oxygens (including phenoxy) is 1. The summed E-state index contributed by atoms with van der Waals surface area (Å²) in [6, 6.07) is 1.71. The average molecular weight is 245 g/mol. The minimum Gasteiger partial charge on any atom is -0.453 e. The summed E-state index contributed by atoms with van der Waals surface area (Å²) in [6.07, 6.45) is 1.14. The standard InChI is InChI=1S/C8H9BrN2O2/c1-5-4-10-7(3-6(5)9)11-8(12)13-2/h3-4H,1-2H3,(H,10,11,12). The van der Waals surface area contributed by atoms with E-state index in [0.717, 1.165) is 10.0 Å². The number of anilines is 1. The highest BCUT2D eigenvalue weighted by Crippen LogP contribution is 2.17. The molecule has 13 heavy (non-hydrogen) atoms. The molecule has 5 heteroatoms. The summed E-state index contributed by atoms with van der Waals surface area (Å²) in [5.74, 6) is 0.462. The van der Waals surface area contributed by atoms with Crippen LogP contribution in [0.25, 0.3) is 0 Å². The molecule has 70 valence electrons. The van der Waals surface area contributed by atoms with Gasteiger partial charge < -0.3 is 4.74 Å². The second kappa shape index (κ2) is 4.23. The SMILES string of the molecule is COC(=O)Nc1cc(Br)c(C)cn1. The number of methoxy groups -OCH3 is 1. The van der Waals surface area contributed by atoms with E-state index in [0.29, 0.717) is 5.82 Å². The molecule has 1 aromatic rings. The van der Waals surface area contributed by atoms with Crippen molar-refractivity contribution in [1.82, 2.24) is 4.98 Å². The molecule has 0 aliphatic heterocycles. The number of carbonyl (C=O) groups is 1. The Morgan fingerprint density at radius 2 is 2.38 bits per heavy atom. The molecule has 0 aliphatic carbocycles. The minimum atomic E-state index is -0.525. The molecule has 0 atom stereocenters. The molecular formula is C8H9BrN2O2. The van der Waals surface area contributed by atoms with Gasteiger partial charge in [-0.15, -0.1) is 0 Å². The van der Waals surface area contributed by atoms with Crippen LogP contribution in [0, 0.1) is 6.92 Å². The lowest BCUT2D eigenvalue weighted by molar-refractivity contribution is 0.187.